The molecule has 0 bridgehead atoms. The third kappa shape index (κ3) is 4.94. The third-order valence-corrected chi connectivity index (χ3v) is 3.30. The van der Waals surface area contributed by atoms with Crippen LogP contribution >= 0.6 is 0 Å². The van der Waals surface area contributed by atoms with Gasteiger partial charge in [0.2, 0.25) is 0 Å². The van der Waals surface area contributed by atoms with Crippen LogP contribution in [0.3, 0.4) is 0 Å². The van der Waals surface area contributed by atoms with Gasteiger partial charge in [0.15, 0.2) is 5.75 Å². The highest BCUT2D eigenvalue weighted by Crippen LogP contribution is 2.23. The molecule has 0 unspecified atom stereocenters. The predicted octanol–water partition coefficient (Wildman–Crippen LogP) is 2.26. The summed E-state index contributed by atoms with van der Waals surface area (Å²) in [6, 6.07) is 5.39. The smallest absolute Gasteiger partial charge is 0.486 e. The van der Waals surface area contributed by atoms with Crippen LogP contribution < -0.4 is 15.0 Å². The average Bonchev–Trinajstić information content (AvgIpc) is 3.15. The van der Waals surface area contributed by atoms with E-state index in [1.54, 1.807) is 6.07 Å². The molecule has 2 aromatic heterocycles. The van der Waals surface area contributed by atoms with Crippen molar-refractivity contribution in [2.75, 3.05) is 0 Å². The SMILES string of the molecule is O=C(NO)c1cnn(-c2ncc(OCc3cccc(OC(F)(F)F)c3)cn2)c1. The number of hydroxylamine groups is 1. The van der Waals surface area contributed by atoms with E-state index in [2.05, 4.69) is 19.8 Å². The molecule has 12 heteroatoms. The van der Waals surface area contributed by atoms with Gasteiger partial charge in [-0.15, -0.1) is 13.2 Å². The molecule has 2 N–H and O–H groups in total. The number of benzene rings is 1. The van der Waals surface area contributed by atoms with E-state index in [9.17, 15) is 18.0 Å². The summed E-state index contributed by atoms with van der Waals surface area (Å²) in [5.41, 5.74) is 2.04. The fourth-order valence-electron chi connectivity index (χ4n) is 2.12. The van der Waals surface area contributed by atoms with E-state index in [1.807, 2.05) is 0 Å². The summed E-state index contributed by atoms with van der Waals surface area (Å²) >= 11 is 0. The quantitative estimate of drug-likeness (QED) is 0.486. The molecule has 1 amide bonds. The number of hydrogen-bond acceptors (Lipinski definition) is 7. The maximum atomic E-state index is 12.3. The lowest BCUT2D eigenvalue weighted by molar-refractivity contribution is -0.274. The summed E-state index contributed by atoms with van der Waals surface area (Å²) in [6.07, 6.45) is 0.438. The maximum absolute atomic E-state index is 12.3. The average molecular weight is 395 g/mol. The van der Waals surface area contributed by atoms with Gasteiger partial charge in [-0.05, 0) is 17.7 Å². The number of nitrogens with one attached hydrogen (secondary N) is 1. The molecule has 0 spiro atoms. The van der Waals surface area contributed by atoms with Crippen molar-refractivity contribution in [1.82, 2.24) is 25.2 Å². The van der Waals surface area contributed by atoms with Crippen molar-refractivity contribution < 1.29 is 32.6 Å². The second-order valence-corrected chi connectivity index (χ2v) is 5.32. The number of rotatable bonds is 6. The number of hydrogen-bond donors (Lipinski definition) is 2. The highest BCUT2D eigenvalue weighted by molar-refractivity contribution is 5.92. The number of amides is 1. The van der Waals surface area contributed by atoms with Crippen molar-refractivity contribution in [1.29, 1.82) is 0 Å². The summed E-state index contributed by atoms with van der Waals surface area (Å²) in [5.74, 6) is -0.666. The second-order valence-electron chi connectivity index (χ2n) is 5.32. The number of nitrogens with zero attached hydrogens (tertiary/aromatic N) is 4. The largest absolute Gasteiger partial charge is 0.573 e. The van der Waals surface area contributed by atoms with Gasteiger partial charge in [-0.3, -0.25) is 10.0 Å². The molecule has 3 rings (SSSR count). The second kappa shape index (κ2) is 7.92. The first-order valence-electron chi connectivity index (χ1n) is 7.63. The van der Waals surface area contributed by atoms with Crippen molar-refractivity contribution >= 4 is 5.91 Å². The first-order valence-corrected chi connectivity index (χ1v) is 7.63. The molecule has 0 aliphatic rings. The normalized spacial score (nSPS) is 11.1. The molecular formula is C16H12F3N5O4. The van der Waals surface area contributed by atoms with Crippen molar-refractivity contribution in [3.8, 4) is 17.4 Å². The van der Waals surface area contributed by atoms with E-state index in [0.717, 1.165) is 0 Å². The lowest BCUT2D eigenvalue weighted by Crippen LogP contribution is -2.17. The lowest BCUT2D eigenvalue weighted by atomic mass is 10.2. The Hall–Kier alpha value is -3.67. The summed E-state index contributed by atoms with van der Waals surface area (Å²) in [5, 5.41) is 12.5. The Balaban J connectivity index is 1.63. The molecule has 0 aliphatic carbocycles. The zero-order valence-corrected chi connectivity index (χ0v) is 13.9. The van der Waals surface area contributed by atoms with E-state index in [-0.39, 0.29) is 29.6 Å². The molecule has 0 fully saturated rings. The molecule has 0 atom stereocenters. The fraction of sp³-hybridized carbons (Fsp3) is 0.125. The molecule has 9 nitrogen and oxygen atoms in total. The van der Waals surface area contributed by atoms with E-state index >= 15 is 0 Å². The minimum Gasteiger partial charge on any atom is -0.486 e. The molecule has 1 aromatic carbocycles. The zero-order chi connectivity index (χ0) is 20.1. The summed E-state index contributed by atoms with van der Waals surface area (Å²) in [6.45, 7) is -0.0274. The Labute approximate surface area is 155 Å². The van der Waals surface area contributed by atoms with Gasteiger partial charge in [-0.1, -0.05) is 12.1 Å². The molecular weight excluding hydrogens is 383 g/mol. The van der Waals surface area contributed by atoms with Crippen LogP contribution in [-0.4, -0.2) is 37.2 Å². The van der Waals surface area contributed by atoms with Crippen LogP contribution in [0.1, 0.15) is 15.9 Å². The van der Waals surface area contributed by atoms with Gasteiger partial charge in [0.1, 0.15) is 12.4 Å². The minimum absolute atomic E-state index is 0.0274. The summed E-state index contributed by atoms with van der Waals surface area (Å²) in [7, 11) is 0. The lowest BCUT2D eigenvalue weighted by Gasteiger charge is -2.10. The van der Waals surface area contributed by atoms with Crippen LogP contribution in [0.2, 0.25) is 0 Å². The predicted molar refractivity (Wildman–Crippen MR) is 85.9 cm³/mol. The van der Waals surface area contributed by atoms with Gasteiger partial charge in [0, 0.05) is 6.20 Å². The van der Waals surface area contributed by atoms with Crippen LogP contribution in [0.4, 0.5) is 13.2 Å². The Morgan fingerprint density at radius 3 is 2.61 bits per heavy atom. The number of carbonyl (C=O) groups excluding carboxylic acids is 1. The number of carbonyl (C=O) groups is 1. The Morgan fingerprint density at radius 2 is 1.93 bits per heavy atom. The summed E-state index contributed by atoms with van der Waals surface area (Å²) in [4.78, 5) is 19.3. The zero-order valence-electron chi connectivity index (χ0n) is 13.9. The molecule has 3 aromatic rings. The highest BCUT2D eigenvalue weighted by atomic mass is 19.4. The maximum Gasteiger partial charge on any atom is 0.573 e. The van der Waals surface area contributed by atoms with Crippen LogP contribution in [0.5, 0.6) is 11.5 Å². The monoisotopic (exact) mass is 395 g/mol. The van der Waals surface area contributed by atoms with Crippen molar-refractivity contribution in [3.05, 3.63) is 60.2 Å². The fourth-order valence-corrected chi connectivity index (χ4v) is 2.12. The van der Waals surface area contributed by atoms with Gasteiger partial charge in [0.25, 0.3) is 11.9 Å². The molecule has 0 aliphatic heterocycles. The third-order valence-electron chi connectivity index (χ3n) is 3.30. The summed E-state index contributed by atoms with van der Waals surface area (Å²) < 4.78 is 47.3. The molecule has 0 radical (unpaired) electrons. The molecule has 146 valence electrons. The number of ether oxygens (including phenoxy) is 2. The molecule has 0 saturated heterocycles. The number of aromatic nitrogens is 4. The van der Waals surface area contributed by atoms with E-state index in [0.29, 0.717) is 5.56 Å². The first-order chi connectivity index (χ1) is 13.3. The van der Waals surface area contributed by atoms with E-state index in [4.69, 9.17) is 9.94 Å². The van der Waals surface area contributed by atoms with Crippen molar-refractivity contribution in [2.24, 2.45) is 0 Å². The van der Waals surface area contributed by atoms with Crippen molar-refractivity contribution in [3.63, 3.8) is 0 Å². The topological polar surface area (TPSA) is 111 Å². The van der Waals surface area contributed by atoms with Crippen molar-refractivity contribution in [2.45, 2.75) is 13.0 Å². The highest BCUT2D eigenvalue weighted by Gasteiger charge is 2.31. The van der Waals surface area contributed by atoms with E-state index in [1.165, 1.54) is 53.1 Å². The van der Waals surface area contributed by atoms with Gasteiger partial charge in [0.05, 0.1) is 24.2 Å². The standard InChI is InChI=1S/C16H12F3N5O4/c17-16(18,19)28-12-3-1-2-10(4-12)9-27-13-6-20-15(21-7-13)24-8-11(5-22-24)14(25)23-26/h1-8,26H,9H2,(H,23,25). The number of alkyl halides is 3. The van der Waals surface area contributed by atoms with Gasteiger partial charge >= 0.3 is 6.36 Å². The first kappa shape index (κ1) is 19.1. The Bertz CT molecular complexity index is 959. The number of halogens is 3. The Kier molecular flexibility index (Phi) is 5.40. The molecule has 0 saturated carbocycles. The van der Waals surface area contributed by atoms with Gasteiger partial charge in [-0.25, -0.2) is 20.1 Å². The van der Waals surface area contributed by atoms with Gasteiger partial charge in [-0.2, -0.15) is 5.10 Å². The van der Waals surface area contributed by atoms with Crippen LogP contribution in [-0.2, 0) is 6.61 Å². The minimum atomic E-state index is -4.77. The Morgan fingerprint density at radius 1 is 1.18 bits per heavy atom. The van der Waals surface area contributed by atoms with Crippen LogP contribution in [0, 0.1) is 0 Å². The van der Waals surface area contributed by atoms with E-state index < -0.39 is 12.3 Å². The molecule has 2 heterocycles. The van der Waals surface area contributed by atoms with Crippen LogP contribution in [0.25, 0.3) is 5.95 Å². The van der Waals surface area contributed by atoms with Gasteiger partial charge < -0.3 is 9.47 Å². The molecule has 28 heavy (non-hydrogen) atoms. The van der Waals surface area contributed by atoms with Crippen LogP contribution in [0.15, 0.2) is 49.1 Å².